The summed E-state index contributed by atoms with van der Waals surface area (Å²) >= 11 is 0. The number of rotatable bonds is 3. The molecule has 0 atom stereocenters. The standard InChI is InChI=1S/C12H16N2O/c1-15-10-6-7-12(11(13)8-10)14-9-4-2-3-5-9/h2-3,6-9,14H,4-5,13H2,1H3. The first-order valence-corrected chi connectivity index (χ1v) is 5.14. The van der Waals surface area contributed by atoms with Gasteiger partial charge in [0.15, 0.2) is 0 Å². The van der Waals surface area contributed by atoms with Crippen molar-refractivity contribution in [3.63, 3.8) is 0 Å². The van der Waals surface area contributed by atoms with Crippen molar-refractivity contribution in [1.82, 2.24) is 0 Å². The zero-order chi connectivity index (χ0) is 10.7. The van der Waals surface area contributed by atoms with Gasteiger partial charge >= 0.3 is 0 Å². The molecule has 1 aliphatic rings. The van der Waals surface area contributed by atoms with Gasteiger partial charge in [0.2, 0.25) is 0 Å². The molecule has 0 radical (unpaired) electrons. The van der Waals surface area contributed by atoms with Crippen LogP contribution in [0.15, 0.2) is 30.4 Å². The highest BCUT2D eigenvalue weighted by Gasteiger charge is 2.11. The molecular formula is C12H16N2O. The average Bonchev–Trinajstić information content (AvgIpc) is 2.74. The minimum atomic E-state index is 0.487. The molecule has 1 aromatic rings. The maximum Gasteiger partial charge on any atom is 0.121 e. The SMILES string of the molecule is COc1ccc(NC2CC=CC2)c(N)c1. The third kappa shape index (κ3) is 2.24. The first-order valence-electron chi connectivity index (χ1n) is 5.14. The van der Waals surface area contributed by atoms with Crippen LogP contribution >= 0.6 is 0 Å². The third-order valence-electron chi connectivity index (χ3n) is 2.63. The van der Waals surface area contributed by atoms with Gasteiger partial charge in [0, 0.05) is 12.1 Å². The summed E-state index contributed by atoms with van der Waals surface area (Å²) in [6.45, 7) is 0. The highest BCUT2D eigenvalue weighted by atomic mass is 16.5. The van der Waals surface area contributed by atoms with Crippen molar-refractivity contribution >= 4 is 11.4 Å². The van der Waals surface area contributed by atoms with Crippen LogP contribution in [0.25, 0.3) is 0 Å². The molecule has 0 saturated heterocycles. The van der Waals surface area contributed by atoms with Crippen LogP contribution in [-0.4, -0.2) is 13.2 Å². The topological polar surface area (TPSA) is 47.3 Å². The number of methoxy groups -OCH3 is 1. The minimum absolute atomic E-state index is 0.487. The number of nitrogens with two attached hydrogens (primary N) is 1. The lowest BCUT2D eigenvalue weighted by atomic mass is 10.2. The van der Waals surface area contributed by atoms with Crippen molar-refractivity contribution in [3.05, 3.63) is 30.4 Å². The summed E-state index contributed by atoms with van der Waals surface area (Å²) in [5, 5.41) is 3.42. The number of hydrogen-bond acceptors (Lipinski definition) is 3. The number of nitrogen functional groups attached to an aromatic ring is 1. The summed E-state index contributed by atoms with van der Waals surface area (Å²) in [4.78, 5) is 0. The monoisotopic (exact) mass is 204 g/mol. The third-order valence-corrected chi connectivity index (χ3v) is 2.63. The molecule has 0 unspecified atom stereocenters. The predicted molar refractivity (Wildman–Crippen MR) is 63.2 cm³/mol. The lowest BCUT2D eigenvalue weighted by molar-refractivity contribution is 0.415. The summed E-state index contributed by atoms with van der Waals surface area (Å²) in [6.07, 6.45) is 6.53. The zero-order valence-corrected chi connectivity index (χ0v) is 8.86. The Hall–Kier alpha value is -1.64. The minimum Gasteiger partial charge on any atom is -0.497 e. The quantitative estimate of drug-likeness (QED) is 0.587. The van der Waals surface area contributed by atoms with Gasteiger partial charge in [-0.15, -0.1) is 0 Å². The Kier molecular flexibility index (Phi) is 2.81. The average molecular weight is 204 g/mol. The van der Waals surface area contributed by atoms with Crippen molar-refractivity contribution in [2.75, 3.05) is 18.2 Å². The Balaban J connectivity index is 2.07. The van der Waals surface area contributed by atoms with Crippen LogP contribution in [0.1, 0.15) is 12.8 Å². The second-order valence-electron chi connectivity index (χ2n) is 3.74. The van der Waals surface area contributed by atoms with Gasteiger partial charge < -0.3 is 15.8 Å². The van der Waals surface area contributed by atoms with Crippen molar-refractivity contribution in [2.24, 2.45) is 0 Å². The Labute approximate surface area is 89.9 Å². The Morgan fingerprint density at radius 2 is 2.07 bits per heavy atom. The van der Waals surface area contributed by atoms with Gasteiger partial charge in [-0.2, -0.15) is 0 Å². The van der Waals surface area contributed by atoms with E-state index in [1.165, 1.54) is 0 Å². The molecule has 2 rings (SSSR count). The van der Waals surface area contributed by atoms with Gasteiger partial charge in [0.25, 0.3) is 0 Å². The number of benzene rings is 1. The first kappa shape index (κ1) is 9.90. The van der Waals surface area contributed by atoms with E-state index in [2.05, 4.69) is 17.5 Å². The number of anilines is 2. The van der Waals surface area contributed by atoms with Crippen molar-refractivity contribution in [1.29, 1.82) is 0 Å². The molecule has 1 aromatic carbocycles. The fourth-order valence-electron chi connectivity index (χ4n) is 1.75. The van der Waals surface area contributed by atoms with E-state index >= 15 is 0 Å². The van der Waals surface area contributed by atoms with Crippen LogP contribution in [0.3, 0.4) is 0 Å². The van der Waals surface area contributed by atoms with E-state index in [4.69, 9.17) is 10.5 Å². The van der Waals surface area contributed by atoms with Gasteiger partial charge in [0.1, 0.15) is 5.75 Å². The molecular weight excluding hydrogens is 188 g/mol. The van der Waals surface area contributed by atoms with E-state index in [1.54, 1.807) is 7.11 Å². The molecule has 0 bridgehead atoms. The Morgan fingerprint density at radius 3 is 2.67 bits per heavy atom. The van der Waals surface area contributed by atoms with Crippen LogP contribution < -0.4 is 15.8 Å². The van der Waals surface area contributed by atoms with Gasteiger partial charge in [-0.25, -0.2) is 0 Å². The Bertz CT molecular complexity index is 366. The van der Waals surface area contributed by atoms with Crippen LogP contribution in [0.5, 0.6) is 5.75 Å². The summed E-state index contributed by atoms with van der Waals surface area (Å²) in [5.41, 5.74) is 7.64. The van der Waals surface area contributed by atoms with Gasteiger partial charge in [-0.3, -0.25) is 0 Å². The molecule has 3 heteroatoms. The van der Waals surface area contributed by atoms with Crippen LogP contribution in [0.4, 0.5) is 11.4 Å². The second-order valence-corrected chi connectivity index (χ2v) is 3.74. The van der Waals surface area contributed by atoms with Gasteiger partial charge in [0.05, 0.1) is 18.5 Å². The summed E-state index contributed by atoms with van der Waals surface area (Å²) in [5.74, 6) is 0.794. The van der Waals surface area contributed by atoms with Gasteiger partial charge in [-0.1, -0.05) is 12.2 Å². The summed E-state index contributed by atoms with van der Waals surface area (Å²) in [6, 6.07) is 6.21. The first-order chi connectivity index (χ1) is 7.29. The van der Waals surface area contributed by atoms with E-state index < -0.39 is 0 Å². The van der Waals surface area contributed by atoms with E-state index in [9.17, 15) is 0 Å². The molecule has 0 fully saturated rings. The second kappa shape index (κ2) is 4.26. The van der Waals surface area contributed by atoms with Crippen LogP contribution in [-0.2, 0) is 0 Å². The molecule has 0 heterocycles. The van der Waals surface area contributed by atoms with E-state index in [1.807, 2.05) is 18.2 Å². The molecule has 0 spiro atoms. The van der Waals surface area contributed by atoms with Crippen molar-refractivity contribution in [2.45, 2.75) is 18.9 Å². The highest BCUT2D eigenvalue weighted by molar-refractivity contribution is 5.68. The van der Waals surface area contributed by atoms with Gasteiger partial charge in [-0.05, 0) is 25.0 Å². The molecule has 1 aliphatic carbocycles. The van der Waals surface area contributed by atoms with Crippen molar-refractivity contribution in [3.8, 4) is 5.75 Å². The molecule has 0 amide bonds. The zero-order valence-electron chi connectivity index (χ0n) is 8.86. The van der Waals surface area contributed by atoms with E-state index in [0.717, 1.165) is 30.0 Å². The summed E-state index contributed by atoms with van der Waals surface area (Å²) in [7, 11) is 1.64. The van der Waals surface area contributed by atoms with Crippen LogP contribution in [0, 0.1) is 0 Å². The molecule has 3 nitrogen and oxygen atoms in total. The Morgan fingerprint density at radius 1 is 1.33 bits per heavy atom. The molecule has 0 aliphatic heterocycles. The fraction of sp³-hybridized carbons (Fsp3) is 0.333. The smallest absolute Gasteiger partial charge is 0.121 e. The lowest BCUT2D eigenvalue weighted by Gasteiger charge is -2.15. The number of nitrogens with one attached hydrogen (secondary N) is 1. The van der Waals surface area contributed by atoms with Crippen LogP contribution in [0.2, 0.25) is 0 Å². The number of hydrogen-bond donors (Lipinski definition) is 2. The summed E-state index contributed by atoms with van der Waals surface area (Å²) < 4.78 is 5.10. The molecule has 0 aromatic heterocycles. The predicted octanol–water partition coefficient (Wildman–Crippen LogP) is 2.41. The number of ether oxygens (including phenoxy) is 1. The molecule has 3 N–H and O–H groups in total. The lowest BCUT2D eigenvalue weighted by Crippen LogP contribution is -2.15. The highest BCUT2D eigenvalue weighted by Crippen LogP contribution is 2.26. The maximum absolute atomic E-state index is 5.91. The molecule has 15 heavy (non-hydrogen) atoms. The maximum atomic E-state index is 5.91. The van der Waals surface area contributed by atoms with E-state index in [0.29, 0.717) is 6.04 Å². The largest absolute Gasteiger partial charge is 0.497 e. The van der Waals surface area contributed by atoms with E-state index in [-0.39, 0.29) is 0 Å². The fourth-order valence-corrected chi connectivity index (χ4v) is 1.75. The molecule has 80 valence electrons. The normalized spacial score (nSPS) is 15.5. The van der Waals surface area contributed by atoms with Crippen molar-refractivity contribution < 1.29 is 4.74 Å². The molecule has 0 saturated carbocycles.